The number of nitrogens with one attached hydrogen (secondary N) is 1. The summed E-state index contributed by atoms with van der Waals surface area (Å²) in [5, 5.41) is 2.96. The lowest BCUT2D eigenvalue weighted by Gasteiger charge is -2.08. The molecule has 4 heteroatoms. The average Bonchev–Trinajstić information content (AvgIpc) is 3.23. The molecule has 1 aliphatic rings. The first-order valence-electron chi connectivity index (χ1n) is 6.56. The van der Waals surface area contributed by atoms with Crippen molar-refractivity contribution in [1.82, 2.24) is 0 Å². The van der Waals surface area contributed by atoms with Crippen LogP contribution in [0.5, 0.6) is 0 Å². The molecule has 0 bridgehead atoms. The molecule has 0 aromatic heterocycles. The summed E-state index contributed by atoms with van der Waals surface area (Å²) in [7, 11) is 0. The summed E-state index contributed by atoms with van der Waals surface area (Å²) in [5.41, 5.74) is 8.36. The summed E-state index contributed by atoms with van der Waals surface area (Å²) in [6, 6.07) is 15.6. The van der Waals surface area contributed by atoms with Gasteiger partial charge in [-0.2, -0.15) is 0 Å². The molecule has 1 fully saturated rings. The maximum Gasteiger partial charge on any atom is 0.228 e. The molecule has 1 saturated carbocycles. The Bertz CT molecular complexity index is 642. The van der Waals surface area contributed by atoms with E-state index in [2.05, 4.69) is 33.4 Å². The Morgan fingerprint density at radius 1 is 1.20 bits per heavy atom. The molecule has 1 aliphatic carbocycles. The van der Waals surface area contributed by atoms with Gasteiger partial charge in [0.05, 0.1) is 5.69 Å². The number of carbonyl (C=O) groups is 1. The van der Waals surface area contributed by atoms with Gasteiger partial charge in [-0.15, -0.1) is 0 Å². The lowest BCUT2D eigenvalue weighted by molar-refractivity contribution is -0.117. The minimum atomic E-state index is 0.0712. The SMILES string of the molecule is Nc1ccc(NC(=O)C2CC2c2ccccc2)c(Br)c1. The monoisotopic (exact) mass is 330 g/mol. The standard InChI is InChI=1S/C16H15BrN2O/c17-14-8-11(18)6-7-15(14)19-16(20)13-9-12(13)10-4-2-1-3-5-10/h1-8,12-13H,9,18H2,(H,19,20). The van der Waals surface area contributed by atoms with Gasteiger partial charge in [-0.3, -0.25) is 4.79 Å². The molecule has 2 aromatic rings. The van der Waals surface area contributed by atoms with Crippen molar-refractivity contribution in [2.45, 2.75) is 12.3 Å². The van der Waals surface area contributed by atoms with E-state index >= 15 is 0 Å². The molecule has 0 radical (unpaired) electrons. The Balaban J connectivity index is 1.67. The molecule has 1 amide bonds. The van der Waals surface area contributed by atoms with E-state index in [-0.39, 0.29) is 11.8 Å². The predicted molar refractivity (Wildman–Crippen MR) is 84.5 cm³/mol. The van der Waals surface area contributed by atoms with E-state index in [0.717, 1.165) is 16.6 Å². The number of carbonyl (C=O) groups excluding carboxylic acids is 1. The number of hydrogen-bond acceptors (Lipinski definition) is 2. The van der Waals surface area contributed by atoms with Crippen LogP contribution in [0.25, 0.3) is 0 Å². The molecule has 2 unspecified atom stereocenters. The highest BCUT2D eigenvalue weighted by molar-refractivity contribution is 9.10. The number of halogens is 1. The van der Waals surface area contributed by atoms with Crippen LogP contribution in [0.2, 0.25) is 0 Å². The molecule has 2 aromatic carbocycles. The van der Waals surface area contributed by atoms with Crippen molar-refractivity contribution in [2.75, 3.05) is 11.1 Å². The van der Waals surface area contributed by atoms with Gasteiger partial charge in [-0.1, -0.05) is 30.3 Å². The first-order valence-corrected chi connectivity index (χ1v) is 7.35. The quantitative estimate of drug-likeness (QED) is 0.841. The smallest absolute Gasteiger partial charge is 0.228 e. The van der Waals surface area contributed by atoms with E-state index in [1.807, 2.05) is 24.3 Å². The molecule has 0 heterocycles. The van der Waals surface area contributed by atoms with E-state index in [4.69, 9.17) is 5.73 Å². The van der Waals surface area contributed by atoms with Crippen LogP contribution in [0.4, 0.5) is 11.4 Å². The minimum Gasteiger partial charge on any atom is -0.399 e. The van der Waals surface area contributed by atoms with E-state index in [9.17, 15) is 4.79 Å². The first-order chi connectivity index (χ1) is 9.65. The van der Waals surface area contributed by atoms with E-state index in [0.29, 0.717) is 11.6 Å². The second-order valence-corrected chi connectivity index (χ2v) is 5.94. The zero-order valence-corrected chi connectivity index (χ0v) is 12.4. The van der Waals surface area contributed by atoms with Crippen LogP contribution in [0.1, 0.15) is 17.9 Å². The summed E-state index contributed by atoms with van der Waals surface area (Å²) in [6.45, 7) is 0. The molecular weight excluding hydrogens is 316 g/mol. The second-order valence-electron chi connectivity index (χ2n) is 5.09. The van der Waals surface area contributed by atoms with Gasteiger partial charge in [0.2, 0.25) is 5.91 Å². The van der Waals surface area contributed by atoms with Crippen molar-refractivity contribution in [3.05, 3.63) is 58.6 Å². The van der Waals surface area contributed by atoms with Gasteiger partial charge in [0.15, 0.2) is 0 Å². The fraction of sp³-hybridized carbons (Fsp3) is 0.188. The molecule has 0 saturated heterocycles. The number of nitrogen functional groups attached to an aromatic ring is 1. The van der Waals surface area contributed by atoms with Crippen molar-refractivity contribution in [1.29, 1.82) is 0 Å². The normalized spacial score (nSPS) is 20.4. The summed E-state index contributed by atoms with van der Waals surface area (Å²) in [5.74, 6) is 0.495. The van der Waals surface area contributed by atoms with E-state index in [1.165, 1.54) is 5.56 Å². The number of anilines is 2. The number of nitrogens with two attached hydrogens (primary N) is 1. The fourth-order valence-corrected chi connectivity index (χ4v) is 2.91. The van der Waals surface area contributed by atoms with Gasteiger partial charge >= 0.3 is 0 Å². The maximum absolute atomic E-state index is 12.2. The van der Waals surface area contributed by atoms with E-state index in [1.54, 1.807) is 12.1 Å². The second kappa shape index (κ2) is 5.29. The first kappa shape index (κ1) is 13.2. The zero-order valence-electron chi connectivity index (χ0n) is 10.8. The van der Waals surface area contributed by atoms with Crippen LogP contribution < -0.4 is 11.1 Å². The van der Waals surface area contributed by atoms with Gasteiger partial charge in [0.1, 0.15) is 0 Å². The number of rotatable bonds is 3. The van der Waals surface area contributed by atoms with Gasteiger partial charge in [0.25, 0.3) is 0 Å². The third-order valence-corrected chi connectivity index (χ3v) is 4.26. The highest BCUT2D eigenvalue weighted by atomic mass is 79.9. The van der Waals surface area contributed by atoms with Crippen molar-refractivity contribution >= 4 is 33.2 Å². The van der Waals surface area contributed by atoms with Crippen molar-refractivity contribution in [3.8, 4) is 0 Å². The summed E-state index contributed by atoms with van der Waals surface area (Å²) in [4.78, 5) is 12.2. The number of benzene rings is 2. The van der Waals surface area contributed by atoms with Gasteiger partial charge in [0, 0.05) is 16.1 Å². The Morgan fingerprint density at radius 2 is 1.95 bits per heavy atom. The van der Waals surface area contributed by atoms with Crippen molar-refractivity contribution in [3.63, 3.8) is 0 Å². The average molecular weight is 331 g/mol. The molecule has 2 atom stereocenters. The summed E-state index contributed by atoms with van der Waals surface area (Å²) >= 11 is 3.41. The van der Waals surface area contributed by atoms with Gasteiger partial charge in [-0.05, 0) is 52.0 Å². The molecule has 3 N–H and O–H groups in total. The van der Waals surface area contributed by atoms with Crippen LogP contribution in [0, 0.1) is 5.92 Å². The molecule has 3 nitrogen and oxygen atoms in total. The molecule has 0 aliphatic heterocycles. The lowest BCUT2D eigenvalue weighted by Crippen LogP contribution is -2.15. The molecule has 0 spiro atoms. The van der Waals surface area contributed by atoms with Crippen molar-refractivity contribution in [2.24, 2.45) is 5.92 Å². The maximum atomic E-state index is 12.2. The lowest BCUT2D eigenvalue weighted by atomic mass is 10.1. The van der Waals surface area contributed by atoms with Crippen LogP contribution >= 0.6 is 15.9 Å². The van der Waals surface area contributed by atoms with Crippen molar-refractivity contribution < 1.29 is 4.79 Å². The third kappa shape index (κ3) is 2.70. The van der Waals surface area contributed by atoms with Crippen LogP contribution in [0.3, 0.4) is 0 Å². The Morgan fingerprint density at radius 3 is 2.65 bits per heavy atom. The Hall–Kier alpha value is -1.81. The number of amides is 1. The zero-order chi connectivity index (χ0) is 14.1. The van der Waals surface area contributed by atoms with Crippen LogP contribution in [-0.4, -0.2) is 5.91 Å². The minimum absolute atomic E-state index is 0.0712. The number of hydrogen-bond donors (Lipinski definition) is 2. The molecule has 3 rings (SSSR count). The topological polar surface area (TPSA) is 55.1 Å². The van der Waals surface area contributed by atoms with Crippen LogP contribution in [0.15, 0.2) is 53.0 Å². The third-order valence-electron chi connectivity index (χ3n) is 3.61. The summed E-state index contributed by atoms with van der Waals surface area (Å²) in [6.07, 6.45) is 0.919. The largest absolute Gasteiger partial charge is 0.399 e. The molecule has 102 valence electrons. The Labute approximate surface area is 126 Å². The molecule has 20 heavy (non-hydrogen) atoms. The summed E-state index contributed by atoms with van der Waals surface area (Å²) < 4.78 is 0.808. The molecular formula is C16H15BrN2O. The highest BCUT2D eigenvalue weighted by Crippen LogP contribution is 2.48. The van der Waals surface area contributed by atoms with E-state index < -0.39 is 0 Å². The predicted octanol–water partition coefficient (Wildman–Crippen LogP) is 3.77. The fourth-order valence-electron chi connectivity index (χ4n) is 2.41. The van der Waals surface area contributed by atoms with Crippen LogP contribution in [-0.2, 0) is 4.79 Å². The highest BCUT2D eigenvalue weighted by Gasteiger charge is 2.43. The van der Waals surface area contributed by atoms with Gasteiger partial charge < -0.3 is 11.1 Å². The Kier molecular flexibility index (Phi) is 3.49. The van der Waals surface area contributed by atoms with Gasteiger partial charge in [-0.25, -0.2) is 0 Å².